The zero-order valence-electron chi connectivity index (χ0n) is 12.6. The molecule has 0 N–H and O–H groups in total. The highest BCUT2D eigenvalue weighted by atomic mass is 127. The maximum atomic E-state index is 11.1. The van der Waals surface area contributed by atoms with Gasteiger partial charge in [-0.3, -0.25) is 3.07 Å². The lowest BCUT2D eigenvalue weighted by atomic mass is 10.0. The van der Waals surface area contributed by atoms with Crippen LogP contribution in [-0.2, 0) is 17.3 Å². The smallest absolute Gasteiger partial charge is 0.173 e. The fraction of sp³-hybridized carbons (Fsp3) is 1.00. The molecule has 0 aromatic carbocycles. The number of hydrogen-bond acceptors (Lipinski definition) is 8. The van der Waals surface area contributed by atoms with Gasteiger partial charge in [0.25, 0.3) is 0 Å². The van der Waals surface area contributed by atoms with Crippen molar-refractivity contribution in [1.29, 1.82) is 0 Å². The molecule has 21 heavy (non-hydrogen) atoms. The van der Waals surface area contributed by atoms with E-state index in [4.69, 9.17) is 17.3 Å². The largest absolute Gasteiger partial charge is 0.350 e. The fourth-order valence-electron chi connectivity index (χ4n) is 2.13. The molecule has 1 aliphatic rings. The van der Waals surface area contributed by atoms with E-state index >= 15 is 0 Å². The van der Waals surface area contributed by atoms with Crippen LogP contribution in [0.15, 0.2) is 10.4 Å². The number of hydrogen-bond donors (Lipinski definition) is 0. The molecule has 0 spiro atoms. The van der Waals surface area contributed by atoms with E-state index in [1.165, 1.54) is 0 Å². The summed E-state index contributed by atoms with van der Waals surface area (Å²) < 4.78 is 21.9. The third kappa shape index (κ3) is 5.81. The number of nitroso groups, excluding NO2 is 2. The van der Waals surface area contributed by atoms with Crippen LogP contribution < -0.4 is 0 Å². The first-order valence-corrected chi connectivity index (χ1v) is 7.53. The normalized spacial score (nSPS) is 26.5. The highest BCUT2D eigenvalue weighted by molar-refractivity contribution is 14.1. The van der Waals surface area contributed by atoms with Crippen LogP contribution in [0.1, 0.15) is 34.1 Å². The molecule has 1 aliphatic heterocycles. The van der Waals surface area contributed by atoms with Crippen molar-refractivity contribution >= 4 is 23.0 Å². The van der Waals surface area contributed by atoms with Gasteiger partial charge in [0.15, 0.2) is 11.6 Å². The van der Waals surface area contributed by atoms with Crippen LogP contribution >= 0.6 is 23.0 Å². The molecule has 0 aromatic heterocycles. The van der Waals surface area contributed by atoms with E-state index in [1.54, 1.807) is 50.7 Å². The topological polar surface area (TPSA) is 95.8 Å². The second-order valence-corrected chi connectivity index (χ2v) is 6.18. The van der Waals surface area contributed by atoms with Crippen LogP contribution in [-0.4, -0.2) is 43.0 Å². The molecule has 1 saturated heterocycles. The second kappa shape index (κ2) is 7.86. The van der Waals surface area contributed by atoms with E-state index in [0.29, 0.717) is 6.42 Å². The molecule has 1 rings (SSSR count). The fourth-order valence-corrected chi connectivity index (χ4v) is 2.26. The highest BCUT2D eigenvalue weighted by Crippen LogP contribution is 2.32. The van der Waals surface area contributed by atoms with Crippen molar-refractivity contribution in [2.75, 3.05) is 13.2 Å². The van der Waals surface area contributed by atoms with Gasteiger partial charge >= 0.3 is 0 Å². The van der Waals surface area contributed by atoms with Crippen molar-refractivity contribution in [2.45, 2.75) is 63.9 Å². The van der Waals surface area contributed by atoms with Gasteiger partial charge in [0.05, 0.1) is 6.61 Å². The van der Waals surface area contributed by atoms with Crippen LogP contribution in [0.3, 0.4) is 0 Å². The van der Waals surface area contributed by atoms with Gasteiger partial charge in [0.1, 0.15) is 47.8 Å². The summed E-state index contributed by atoms with van der Waals surface area (Å²) in [7, 11) is 0. The number of nitrogens with zero attached hydrogens (tertiary/aromatic N) is 2. The Morgan fingerprint density at radius 2 is 2.00 bits per heavy atom. The Bertz CT molecular complexity index is 366. The van der Waals surface area contributed by atoms with Gasteiger partial charge in [-0.15, -0.1) is 0 Å². The maximum absolute atomic E-state index is 11.1. The quantitative estimate of drug-likeness (QED) is 0.326. The van der Waals surface area contributed by atoms with Gasteiger partial charge in [-0.2, -0.15) is 9.81 Å². The van der Waals surface area contributed by atoms with E-state index < -0.39 is 29.8 Å². The van der Waals surface area contributed by atoms with Crippen LogP contribution in [0.25, 0.3) is 0 Å². The summed E-state index contributed by atoms with van der Waals surface area (Å²) in [6.45, 7) is 7.16. The van der Waals surface area contributed by atoms with E-state index in [0.717, 1.165) is 0 Å². The molecule has 0 unspecified atom stereocenters. The molecule has 122 valence electrons. The van der Waals surface area contributed by atoms with Gasteiger partial charge < -0.3 is 14.2 Å². The number of rotatable bonds is 9. The Hall–Kier alpha value is -0.230. The standard InChI is InChI=1S/C12H21IN2O6/c1-11(2,21-13)18-6-5-8(15-17)10-9(7-14-16)19-12(3,4)20-10/h8-10H,5-7H2,1-4H3/t8-,9-,10+/m1/s1. The summed E-state index contributed by atoms with van der Waals surface area (Å²) >= 11 is 1.75. The first-order chi connectivity index (χ1) is 9.74. The van der Waals surface area contributed by atoms with Gasteiger partial charge in [0, 0.05) is 0 Å². The molecule has 1 fully saturated rings. The van der Waals surface area contributed by atoms with Crippen molar-refractivity contribution in [3.63, 3.8) is 0 Å². The van der Waals surface area contributed by atoms with E-state index in [1.807, 2.05) is 0 Å². The van der Waals surface area contributed by atoms with Crippen LogP contribution in [0.2, 0.25) is 0 Å². The molecule has 0 aliphatic carbocycles. The minimum absolute atomic E-state index is 0.0800. The van der Waals surface area contributed by atoms with Crippen molar-refractivity contribution in [1.82, 2.24) is 0 Å². The predicted molar refractivity (Wildman–Crippen MR) is 83.8 cm³/mol. The van der Waals surface area contributed by atoms with Gasteiger partial charge in [0.2, 0.25) is 0 Å². The zero-order chi connectivity index (χ0) is 16.1. The van der Waals surface area contributed by atoms with Crippen molar-refractivity contribution in [3.05, 3.63) is 9.81 Å². The lowest BCUT2D eigenvalue weighted by molar-refractivity contribution is -0.151. The van der Waals surface area contributed by atoms with Crippen LogP contribution in [0, 0.1) is 9.81 Å². The lowest BCUT2D eigenvalue weighted by Gasteiger charge is -2.24. The van der Waals surface area contributed by atoms with Gasteiger partial charge in [-0.1, -0.05) is 10.4 Å². The van der Waals surface area contributed by atoms with Crippen LogP contribution in [0.5, 0.6) is 0 Å². The summed E-state index contributed by atoms with van der Waals surface area (Å²) in [5.74, 6) is -1.61. The summed E-state index contributed by atoms with van der Waals surface area (Å²) in [4.78, 5) is 21.6. The number of ether oxygens (including phenoxy) is 3. The van der Waals surface area contributed by atoms with E-state index in [9.17, 15) is 9.81 Å². The molecule has 0 bridgehead atoms. The minimum Gasteiger partial charge on any atom is -0.350 e. The first-order valence-electron chi connectivity index (χ1n) is 6.65. The Morgan fingerprint density at radius 3 is 2.52 bits per heavy atom. The average molecular weight is 416 g/mol. The lowest BCUT2D eigenvalue weighted by Crippen LogP contribution is -2.37. The zero-order valence-corrected chi connectivity index (χ0v) is 14.7. The SMILES string of the molecule is CC(C)(OI)OCC[C@@H](N=O)[C@@H]1OC(C)(C)O[C@@H]1CN=O. The summed E-state index contributed by atoms with van der Waals surface area (Å²) in [5.41, 5.74) is 0. The molecule has 8 nitrogen and oxygen atoms in total. The van der Waals surface area contributed by atoms with Crippen LogP contribution in [0.4, 0.5) is 0 Å². The molecule has 3 atom stereocenters. The first kappa shape index (κ1) is 18.8. The molecule has 0 saturated carbocycles. The van der Waals surface area contributed by atoms with Crippen molar-refractivity contribution in [3.8, 4) is 0 Å². The second-order valence-electron chi connectivity index (χ2n) is 5.74. The van der Waals surface area contributed by atoms with Gasteiger partial charge in [-0.05, 0) is 34.1 Å². The summed E-state index contributed by atoms with van der Waals surface area (Å²) in [5, 5.41) is 5.92. The highest BCUT2D eigenvalue weighted by Gasteiger charge is 2.46. The summed E-state index contributed by atoms with van der Waals surface area (Å²) in [6.07, 6.45) is -0.844. The average Bonchev–Trinajstić information content (AvgIpc) is 2.70. The Kier molecular flexibility index (Phi) is 7.04. The Morgan fingerprint density at radius 1 is 1.33 bits per heavy atom. The molecule has 0 radical (unpaired) electrons. The number of halogens is 1. The van der Waals surface area contributed by atoms with E-state index in [2.05, 4.69) is 10.4 Å². The third-order valence-electron chi connectivity index (χ3n) is 3.04. The molecule has 1 heterocycles. The molecule has 0 amide bonds. The monoisotopic (exact) mass is 416 g/mol. The molecule has 0 aromatic rings. The molecule has 9 heteroatoms. The van der Waals surface area contributed by atoms with Crippen molar-refractivity contribution < 1.29 is 17.3 Å². The molecular formula is C12H21IN2O6. The van der Waals surface area contributed by atoms with E-state index in [-0.39, 0.29) is 13.2 Å². The maximum Gasteiger partial charge on any atom is 0.173 e. The minimum atomic E-state index is -0.867. The van der Waals surface area contributed by atoms with Crippen molar-refractivity contribution in [2.24, 2.45) is 10.4 Å². The summed E-state index contributed by atoms with van der Waals surface area (Å²) in [6, 6.07) is -0.677. The predicted octanol–water partition coefficient (Wildman–Crippen LogP) is 2.92. The van der Waals surface area contributed by atoms with Gasteiger partial charge in [-0.25, -0.2) is 0 Å². The third-order valence-corrected chi connectivity index (χ3v) is 4.10. The Labute approximate surface area is 137 Å². The molecular weight excluding hydrogens is 395 g/mol. The Balaban J connectivity index is 2.61.